The third kappa shape index (κ3) is 4.77. The number of carbonyl (C=O) groups is 1. The monoisotopic (exact) mass is 439 g/mol. The maximum absolute atomic E-state index is 15.1. The molecule has 2 fully saturated rings. The van der Waals surface area contributed by atoms with Crippen LogP contribution < -0.4 is 5.46 Å². The lowest BCUT2D eigenvalue weighted by Crippen LogP contribution is -2.41. The Labute approximate surface area is 181 Å². The van der Waals surface area contributed by atoms with Crippen molar-refractivity contribution in [3.8, 4) is 0 Å². The fourth-order valence-electron chi connectivity index (χ4n) is 3.58. The molecule has 1 amide bonds. The second-order valence-corrected chi connectivity index (χ2v) is 10.1. The molecule has 0 aliphatic carbocycles. The third-order valence-corrected chi connectivity index (χ3v) is 5.99. The van der Waals surface area contributed by atoms with E-state index in [-0.39, 0.29) is 24.0 Å². The summed E-state index contributed by atoms with van der Waals surface area (Å²) >= 11 is 0. The fraction of sp³-hybridized carbons (Fsp3) is 0.591. The van der Waals surface area contributed by atoms with Gasteiger partial charge >= 0.3 is 13.2 Å². The van der Waals surface area contributed by atoms with Crippen LogP contribution in [0.5, 0.6) is 0 Å². The molecule has 9 heteroatoms. The van der Waals surface area contributed by atoms with Crippen molar-refractivity contribution >= 4 is 18.7 Å². The molecule has 0 saturated carbocycles. The zero-order valence-corrected chi connectivity index (χ0v) is 19.0. The maximum atomic E-state index is 15.1. The van der Waals surface area contributed by atoms with Gasteiger partial charge in [0.15, 0.2) is 0 Å². The van der Waals surface area contributed by atoms with Gasteiger partial charge in [0.1, 0.15) is 11.4 Å². The van der Waals surface area contributed by atoms with Crippen LogP contribution in [-0.2, 0) is 14.0 Å². The number of benzene rings is 1. The first kappa shape index (κ1) is 23.7. The summed E-state index contributed by atoms with van der Waals surface area (Å²) in [6.07, 6.45) is -2.63. The average Bonchev–Trinajstić information content (AvgIpc) is 3.12. The molecule has 0 bridgehead atoms. The van der Waals surface area contributed by atoms with E-state index in [9.17, 15) is 13.6 Å². The number of hydrogen-bond acceptors (Lipinski definition) is 4. The summed E-state index contributed by atoms with van der Waals surface area (Å²) in [4.78, 5) is 13.8. The van der Waals surface area contributed by atoms with Crippen molar-refractivity contribution in [3.05, 3.63) is 41.2 Å². The molecular weight excluding hydrogens is 410 g/mol. The number of nitrogens with zero attached hydrogens (tertiary/aromatic N) is 1. The molecule has 1 aromatic carbocycles. The topological polar surface area (TPSA) is 48.0 Å². The minimum Gasteiger partial charge on any atom is -0.444 e. The van der Waals surface area contributed by atoms with Crippen LogP contribution >= 0.6 is 0 Å². The highest BCUT2D eigenvalue weighted by Crippen LogP contribution is 2.39. The summed E-state index contributed by atoms with van der Waals surface area (Å²) in [5, 5.41) is 0. The number of amides is 1. The molecule has 2 heterocycles. The highest BCUT2D eigenvalue weighted by Gasteiger charge is 2.52. The molecule has 0 aromatic heterocycles. The molecule has 1 unspecified atom stereocenters. The SMILES string of the molecule is CC(C)(C)OC(=O)N1CC(=C(F)F)CC1c1ccc(B2OC(C)(C)C(C)(C)O2)c(F)c1. The van der Waals surface area contributed by atoms with Gasteiger partial charge < -0.3 is 14.0 Å². The van der Waals surface area contributed by atoms with E-state index < -0.39 is 48.0 Å². The van der Waals surface area contributed by atoms with E-state index in [1.807, 2.05) is 27.7 Å². The van der Waals surface area contributed by atoms with Crippen molar-refractivity contribution in [3.63, 3.8) is 0 Å². The van der Waals surface area contributed by atoms with Gasteiger partial charge in [0.25, 0.3) is 6.08 Å². The Balaban J connectivity index is 1.89. The van der Waals surface area contributed by atoms with E-state index in [2.05, 4.69) is 0 Å². The van der Waals surface area contributed by atoms with Crippen LogP contribution in [0.2, 0.25) is 0 Å². The summed E-state index contributed by atoms with van der Waals surface area (Å²) in [7, 11) is -0.886. The van der Waals surface area contributed by atoms with E-state index in [1.165, 1.54) is 17.0 Å². The minimum atomic E-state index is -1.83. The molecule has 5 nitrogen and oxygen atoms in total. The van der Waals surface area contributed by atoms with Gasteiger partial charge in [-0.05, 0) is 60.1 Å². The number of rotatable bonds is 2. The van der Waals surface area contributed by atoms with Crippen LogP contribution in [0.3, 0.4) is 0 Å². The first-order valence-electron chi connectivity index (χ1n) is 10.3. The minimum absolute atomic E-state index is 0.0865. The Bertz CT molecular complexity index is 891. The number of likely N-dealkylation sites (tertiary alicyclic amines) is 1. The predicted molar refractivity (Wildman–Crippen MR) is 112 cm³/mol. The zero-order chi connectivity index (χ0) is 23.4. The van der Waals surface area contributed by atoms with Gasteiger partial charge in [-0.3, -0.25) is 4.90 Å². The van der Waals surface area contributed by atoms with Gasteiger partial charge in [-0.2, -0.15) is 8.78 Å². The second-order valence-electron chi connectivity index (χ2n) is 10.1. The first-order valence-corrected chi connectivity index (χ1v) is 10.3. The molecule has 170 valence electrons. The molecule has 2 aliphatic heterocycles. The summed E-state index contributed by atoms with van der Waals surface area (Å²) in [5.41, 5.74) is -1.57. The molecule has 3 rings (SSSR count). The van der Waals surface area contributed by atoms with Crippen LogP contribution in [-0.4, -0.2) is 41.5 Å². The van der Waals surface area contributed by atoms with E-state index >= 15 is 4.39 Å². The Morgan fingerprint density at radius 3 is 2.23 bits per heavy atom. The molecule has 2 saturated heterocycles. The number of carbonyl (C=O) groups excluding carboxylic acids is 1. The quantitative estimate of drug-likeness (QED) is 0.612. The smallest absolute Gasteiger partial charge is 0.444 e. The van der Waals surface area contributed by atoms with Crippen molar-refractivity contribution < 1.29 is 32.0 Å². The molecule has 0 spiro atoms. The molecule has 1 aromatic rings. The Morgan fingerprint density at radius 1 is 1.16 bits per heavy atom. The van der Waals surface area contributed by atoms with Crippen LogP contribution in [0.1, 0.15) is 66.5 Å². The molecule has 0 N–H and O–H groups in total. The summed E-state index contributed by atoms with van der Waals surface area (Å²) in [5.74, 6) is -0.585. The molecule has 1 atom stereocenters. The highest BCUT2D eigenvalue weighted by atomic mass is 19.3. The lowest BCUT2D eigenvalue weighted by Gasteiger charge is -2.32. The van der Waals surface area contributed by atoms with Gasteiger partial charge in [0.05, 0.1) is 23.8 Å². The van der Waals surface area contributed by atoms with Gasteiger partial charge in [-0.1, -0.05) is 12.1 Å². The zero-order valence-electron chi connectivity index (χ0n) is 19.0. The predicted octanol–water partition coefficient (Wildman–Crippen LogP) is 4.96. The highest BCUT2D eigenvalue weighted by molar-refractivity contribution is 6.62. The Kier molecular flexibility index (Phi) is 5.99. The maximum Gasteiger partial charge on any atom is 0.497 e. The van der Waals surface area contributed by atoms with Crippen LogP contribution in [0.4, 0.5) is 18.0 Å². The lowest BCUT2D eigenvalue weighted by molar-refractivity contribution is 0.00578. The van der Waals surface area contributed by atoms with Crippen molar-refractivity contribution in [2.45, 2.75) is 77.7 Å². The van der Waals surface area contributed by atoms with Crippen molar-refractivity contribution in [1.29, 1.82) is 0 Å². The Morgan fingerprint density at radius 2 is 1.74 bits per heavy atom. The second kappa shape index (κ2) is 7.85. The standard InChI is InChI=1S/C22H29BF3NO4/c1-20(2,3)29-19(28)27-12-14(18(25)26)11-17(27)13-8-9-15(16(24)10-13)23-30-21(4,5)22(6,7)31-23/h8-10,17H,11-12H2,1-7H3. The summed E-state index contributed by atoms with van der Waals surface area (Å²) in [6.45, 7) is 12.3. The van der Waals surface area contributed by atoms with Crippen LogP contribution in [0, 0.1) is 5.82 Å². The summed E-state index contributed by atoms with van der Waals surface area (Å²) < 4.78 is 58.8. The average molecular weight is 439 g/mol. The largest absolute Gasteiger partial charge is 0.497 e. The van der Waals surface area contributed by atoms with Crippen molar-refractivity contribution in [2.75, 3.05) is 6.54 Å². The normalized spacial score (nSPS) is 22.8. The lowest BCUT2D eigenvalue weighted by atomic mass is 9.78. The van der Waals surface area contributed by atoms with E-state index in [0.29, 0.717) is 5.56 Å². The third-order valence-electron chi connectivity index (χ3n) is 5.99. The molecule has 2 aliphatic rings. The first-order chi connectivity index (χ1) is 14.1. The van der Waals surface area contributed by atoms with E-state index in [1.54, 1.807) is 26.8 Å². The number of halogens is 3. The van der Waals surface area contributed by atoms with Gasteiger partial charge in [-0.25, -0.2) is 9.18 Å². The van der Waals surface area contributed by atoms with Crippen molar-refractivity contribution in [1.82, 2.24) is 4.90 Å². The molecular formula is C22H29BF3NO4. The van der Waals surface area contributed by atoms with Crippen LogP contribution in [0.25, 0.3) is 0 Å². The Hall–Kier alpha value is -2.00. The number of ether oxygens (including phenoxy) is 1. The van der Waals surface area contributed by atoms with Gasteiger partial charge in [0.2, 0.25) is 0 Å². The molecule has 0 radical (unpaired) electrons. The molecule has 31 heavy (non-hydrogen) atoms. The van der Waals surface area contributed by atoms with Gasteiger partial charge in [0, 0.05) is 17.5 Å². The summed E-state index contributed by atoms with van der Waals surface area (Å²) in [6, 6.07) is 3.63. The van der Waals surface area contributed by atoms with E-state index in [4.69, 9.17) is 14.0 Å². The van der Waals surface area contributed by atoms with Crippen molar-refractivity contribution in [2.24, 2.45) is 0 Å². The van der Waals surface area contributed by atoms with Crippen LogP contribution in [0.15, 0.2) is 29.9 Å². The number of hydrogen-bond donors (Lipinski definition) is 0. The van der Waals surface area contributed by atoms with E-state index in [0.717, 1.165) is 0 Å². The fourth-order valence-corrected chi connectivity index (χ4v) is 3.58. The van der Waals surface area contributed by atoms with Gasteiger partial charge in [-0.15, -0.1) is 0 Å².